The van der Waals surface area contributed by atoms with Crippen molar-refractivity contribution in [1.82, 2.24) is 0 Å². The summed E-state index contributed by atoms with van der Waals surface area (Å²) in [6, 6.07) is 5.91. The highest BCUT2D eigenvalue weighted by Crippen LogP contribution is 2.21. The fourth-order valence-corrected chi connectivity index (χ4v) is 2.86. The van der Waals surface area contributed by atoms with Crippen LogP contribution in [-0.4, -0.2) is 11.7 Å². The fourth-order valence-electron chi connectivity index (χ4n) is 0.899. The van der Waals surface area contributed by atoms with Gasteiger partial charge < -0.3 is 10.8 Å². The van der Waals surface area contributed by atoms with Crippen molar-refractivity contribution in [3.8, 4) is 0 Å². The summed E-state index contributed by atoms with van der Waals surface area (Å²) in [7, 11) is 0. The molecule has 0 aliphatic rings. The van der Waals surface area contributed by atoms with Crippen LogP contribution in [0.5, 0.6) is 0 Å². The van der Waals surface area contributed by atoms with E-state index in [1.165, 1.54) is 3.57 Å². The second-order valence-corrected chi connectivity index (χ2v) is 4.83. The predicted molar refractivity (Wildman–Crippen MR) is 65.9 cm³/mol. The van der Waals surface area contributed by atoms with Crippen molar-refractivity contribution in [1.29, 1.82) is 0 Å². The summed E-state index contributed by atoms with van der Waals surface area (Å²) in [5.41, 5.74) is 6.27. The van der Waals surface area contributed by atoms with E-state index < -0.39 is 6.10 Å². The SMILES string of the molecule is NC[C@H](O)c1ccc(I)cc1I. The maximum Gasteiger partial charge on any atom is 0.0922 e. The smallest absolute Gasteiger partial charge is 0.0922 e. The van der Waals surface area contributed by atoms with Crippen molar-refractivity contribution in [2.24, 2.45) is 5.73 Å². The van der Waals surface area contributed by atoms with E-state index in [4.69, 9.17) is 5.73 Å². The lowest BCUT2D eigenvalue weighted by atomic mass is 10.1. The molecule has 1 rings (SSSR count). The van der Waals surface area contributed by atoms with Crippen molar-refractivity contribution in [2.45, 2.75) is 6.10 Å². The molecule has 0 fully saturated rings. The largest absolute Gasteiger partial charge is 0.387 e. The van der Waals surface area contributed by atoms with Crippen molar-refractivity contribution < 1.29 is 5.11 Å². The molecule has 1 aromatic carbocycles. The van der Waals surface area contributed by atoms with Gasteiger partial charge in [-0.3, -0.25) is 0 Å². The third-order valence-electron chi connectivity index (χ3n) is 1.54. The van der Waals surface area contributed by atoms with Crippen LogP contribution in [0.1, 0.15) is 11.7 Å². The number of nitrogens with two attached hydrogens (primary N) is 1. The molecule has 0 radical (unpaired) electrons. The van der Waals surface area contributed by atoms with Crippen LogP contribution in [0.15, 0.2) is 18.2 Å². The molecule has 0 saturated carbocycles. The Kier molecular flexibility index (Phi) is 4.21. The molecule has 4 heteroatoms. The highest BCUT2D eigenvalue weighted by atomic mass is 127. The molecular formula is C8H9I2NO. The number of aliphatic hydroxyl groups excluding tert-OH is 1. The zero-order valence-electron chi connectivity index (χ0n) is 6.30. The number of halogens is 2. The highest BCUT2D eigenvalue weighted by Gasteiger charge is 2.08. The number of benzene rings is 1. The molecule has 2 nitrogen and oxygen atoms in total. The number of hydrogen-bond acceptors (Lipinski definition) is 2. The van der Waals surface area contributed by atoms with Crippen molar-refractivity contribution in [3.05, 3.63) is 30.9 Å². The van der Waals surface area contributed by atoms with Crippen LogP contribution in [0.25, 0.3) is 0 Å². The Morgan fingerprint density at radius 3 is 2.58 bits per heavy atom. The van der Waals surface area contributed by atoms with E-state index in [1.807, 2.05) is 18.2 Å². The highest BCUT2D eigenvalue weighted by molar-refractivity contribution is 14.1. The van der Waals surface area contributed by atoms with Crippen molar-refractivity contribution >= 4 is 45.2 Å². The van der Waals surface area contributed by atoms with Crippen molar-refractivity contribution in [2.75, 3.05) is 6.54 Å². The van der Waals surface area contributed by atoms with E-state index in [9.17, 15) is 5.11 Å². The van der Waals surface area contributed by atoms with Crippen LogP contribution in [-0.2, 0) is 0 Å². The van der Waals surface area contributed by atoms with Crippen LogP contribution in [0.2, 0.25) is 0 Å². The molecule has 0 amide bonds. The van der Waals surface area contributed by atoms with Gasteiger partial charge in [0.2, 0.25) is 0 Å². The Labute approximate surface area is 98.8 Å². The first kappa shape index (κ1) is 10.7. The molecule has 1 aromatic rings. The molecule has 12 heavy (non-hydrogen) atoms. The van der Waals surface area contributed by atoms with Gasteiger partial charge >= 0.3 is 0 Å². The lowest BCUT2D eigenvalue weighted by Gasteiger charge is -2.10. The third-order valence-corrected chi connectivity index (χ3v) is 3.15. The Bertz CT molecular complexity index is 278. The molecule has 0 saturated heterocycles. The zero-order chi connectivity index (χ0) is 9.14. The van der Waals surface area contributed by atoms with Crippen LogP contribution in [0, 0.1) is 7.14 Å². The standard InChI is InChI=1S/C8H9I2NO/c9-5-1-2-6(7(10)3-5)8(12)4-11/h1-3,8,12H,4,11H2/t8-/m0/s1. The summed E-state index contributed by atoms with van der Waals surface area (Å²) in [6.45, 7) is 0.274. The summed E-state index contributed by atoms with van der Waals surface area (Å²) in [6.07, 6.45) is -0.533. The second kappa shape index (κ2) is 4.73. The molecular weight excluding hydrogens is 380 g/mol. The molecule has 0 spiro atoms. The minimum Gasteiger partial charge on any atom is -0.387 e. The lowest BCUT2D eigenvalue weighted by molar-refractivity contribution is 0.186. The first-order valence-electron chi connectivity index (χ1n) is 3.48. The van der Waals surface area contributed by atoms with Crippen LogP contribution in [0.3, 0.4) is 0 Å². The Hall–Kier alpha value is 0.600. The summed E-state index contributed by atoms with van der Waals surface area (Å²) in [4.78, 5) is 0. The molecule has 0 bridgehead atoms. The van der Waals surface area contributed by atoms with E-state index >= 15 is 0 Å². The lowest BCUT2D eigenvalue weighted by Crippen LogP contribution is -2.12. The quantitative estimate of drug-likeness (QED) is 0.760. The average Bonchev–Trinajstić information content (AvgIpc) is 2.03. The van der Waals surface area contributed by atoms with Gasteiger partial charge in [0.15, 0.2) is 0 Å². The van der Waals surface area contributed by atoms with Crippen LogP contribution < -0.4 is 5.73 Å². The molecule has 1 atom stereocenters. The number of aliphatic hydroxyl groups is 1. The molecule has 0 aromatic heterocycles. The van der Waals surface area contributed by atoms with Gasteiger partial charge in [-0.15, -0.1) is 0 Å². The van der Waals surface area contributed by atoms with Gasteiger partial charge in [0.1, 0.15) is 0 Å². The van der Waals surface area contributed by atoms with Gasteiger partial charge in [-0.05, 0) is 62.9 Å². The summed E-state index contributed by atoms with van der Waals surface area (Å²) in [5, 5.41) is 9.47. The van der Waals surface area contributed by atoms with E-state index in [-0.39, 0.29) is 6.54 Å². The minimum absolute atomic E-state index is 0.274. The first-order chi connectivity index (χ1) is 5.65. The molecule has 0 heterocycles. The summed E-state index contributed by atoms with van der Waals surface area (Å²) < 4.78 is 2.24. The number of rotatable bonds is 2. The van der Waals surface area contributed by atoms with Gasteiger partial charge in [0.25, 0.3) is 0 Å². The van der Waals surface area contributed by atoms with E-state index in [2.05, 4.69) is 45.2 Å². The molecule has 0 aliphatic heterocycles. The molecule has 0 aliphatic carbocycles. The van der Waals surface area contributed by atoms with Gasteiger partial charge in [-0.2, -0.15) is 0 Å². The van der Waals surface area contributed by atoms with E-state index in [1.54, 1.807) is 0 Å². The Morgan fingerprint density at radius 2 is 2.08 bits per heavy atom. The third kappa shape index (κ3) is 2.54. The summed E-state index contributed by atoms with van der Waals surface area (Å²) in [5.74, 6) is 0. The minimum atomic E-state index is -0.533. The van der Waals surface area contributed by atoms with Gasteiger partial charge in [-0.1, -0.05) is 6.07 Å². The molecule has 66 valence electrons. The van der Waals surface area contributed by atoms with Crippen molar-refractivity contribution in [3.63, 3.8) is 0 Å². The zero-order valence-corrected chi connectivity index (χ0v) is 10.6. The monoisotopic (exact) mass is 389 g/mol. The van der Waals surface area contributed by atoms with Gasteiger partial charge in [-0.25, -0.2) is 0 Å². The molecule has 0 unspecified atom stereocenters. The maximum atomic E-state index is 9.47. The second-order valence-electron chi connectivity index (χ2n) is 2.42. The van der Waals surface area contributed by atoms with E-state index in [0.29, 0.717) is 0 Å². The van der Waals surface area contributed by atoms with Gasteiger partial charge in [0, 0.05) is 13.7 Å². The number of hydrogen-bond donors (Lipinski definition) is 2. The molecule has 3 N–H and O–H groups in total. The van der Waals surface area contributed by atoms with E-state index in [0.717, 1.165) is 9.13 Å². The Morgan fingerprint density at radius 1 is 1.42 bits per heavy atom. The predicted octanol–water partition coefficient (Wildman–Crippen LogP) is 1.89. The first-order valence-corrected chi connectivity index (χ1v) is 5.64. The normalized spacial score (nSPS) is 13.0. The van der Waals surface area contributed by atoms with Crippen LogP contribution in [0.4, 0.5) is 0 Å². The Balaban J connectivity index is 3.01. The summed E-state index contributed by atoms with van der Waals surface area (Å²) >= 11 is 4.44. The fraction of sp³-hybridized carbons (Fsp3) is 0.250. The van der Waals surface area contributed by atoms with Gasteiger partial charge in [0.05, 0.1) is 6.10 Å². The average molecular weight is 389 g/mol. The topological polar surface area (TPSA) is 46.2 Å². The van der Waals surface area contributed by atoms with Crippen LogP contribution >= 0.6 is 45.2 Å². The maximum absolute atomic E-state index is 9.47.